The smallest absolute Gasteiger partial charge is 0.277 e. The molecule has 0 bridgehead atoms. The molecular formula is C20H17N3O5. The van der Waals surface area contributed by atoms with Gasteiger partial charge in [0.2, 0.25) is 0 Å². The molecule has 1 heterocycles. The van der Waals surface area contributed by atoms with Crippen molar-refractivity contribution in [3.05, 3.63) is 82.1 Å². The van der Waals surface area contributed by atoms with Gasteiger partial charge in [0.1, 0.15) is 17.3 Å². The lowest BCUT2D eigenvalue weighted by molar-refractivity contribution is -0.384. The highest BCUT2D eigenvalue weighted by molar-refractivity contribution is 5.81. The van der Waals surface area contributed by atoms with E-state index in [1.807, 2.05) is 19.1 Å². The average Bonchev–Trinajstić information content (AvgIpc) is 3.16. The fourth-order valence-corrected chi connectivity index (χ4v) is 2.31. The normalized spacial score (nSPS) is 10.8. The number of nitrogens with zero attached hydrogens (tertiary/aromatic N) is 2. The van der Waals surface area contributed by atoms with Crippen LogP contribution in [-0.4, -0.2) is 23.7 Å². The number of carbonyl (C=O) groups is 1. The molecule has 0 fully saturated rings. The number of hydrogen-bond acceptors (Lipinski definition) is 6. The van der Waals surface area contributed by atoms with Crippen LogP contribution >= 0.6 is 0 Å². The molecule has 0 atom stereocenters. The highest BCUT2D eigenvalue weighted by Crippen LogP contribution is 2.24. The van der Waals surface area contributed by atoms with E-state index < -0.39 is 10.8 Å². The van der Waals surface area contributed by atoms with Crippen molar-refractivity contribution in [2.45, 2.75) is 6.92 Å². The molecule has 0 spiro atoms. The number of benzene rings is 2. The number of nitro benzene ring substituents is 1. The van der Waals surface area contributed by atoms with Crippen molar-refractivity contribution in [3.8, 4) is 17.1 Å². The Morgan fingerprint density at radius 3 is 2.54 bits per heavy atom. The largest absolute Gasteiger partial charge is 0.484 e. The zero-order valence-electron chi connectivity index (χ0n) is 15.0. The van der Waals surface area contributed by atoms with E-state index in [4.69, 9.17) is 9.15 Å². The third-order valence-electron chi connectivity index (χ3n) is 3.76. The van der Waals surface area contributed by atoms with Gasteiger partial charge in [0.05, 0.1) is 11.1 Å². The van der Waals surface area contributed by atoms with Crippen LogP contribution in [-0.2, 0) is 4.79 Å². The van der Waals surface area contributed by atoms with Crippen LogP contribution < -0.4 is 10.2 Å². The lowest BCUT2D eigenvalue weighted by Crippen LogP contribution is -2.24. The summed E-state index contributed by atoms with van der Waals surface area (Å²) in [4.78, 5) is 22.0. The number of furan rings is 1. The van der Waals surface area contributed by atoms with Crippen LogP contribution in [0.5, 0.6) is 5.75 Å². The van der Waals surface area contributed by atoms with Gasteiger partial charge in [0, 0.05) is 17.7 Å². The van der Waals surface area contributed by atoms with Gasteiger partial charge in [0.25, 0.3) is 11.6 Å². The predicted octanol–water partition coefficient (Wildman–Crippen LogP) is 3.69. The highest BCUT2D eigenvalue weighted by atomic mass is 16.6. The van der Waals surface area contributed by atoms with Crippen LogP contribution in [0.15, 0.2) is 70.2 Å². The Labute approximate surface area is 160 Å². The first-order chi connectivity index (χ1) is 13.5. The van der Waals surface area contributed by atoms with Gasteiger partial charge in [-0.1, -0.05) is 17.7 Å². The molecule has 0 aliphatic carbocycles. The maximum Gasteiger partial charge on any atom is 0.277 e. The molecule has 142 valence electrons. The molecule has 0 saturated carbocycles. The topological polar surface area (TPSA) is 107 Å². The van der Waals surface area contributed by atoms with Crippen molar-refractivity contribution < 1.29 is 18.9 Å². The number of ether oxygens (including phenoxy) is 1. The van der Waals surface area contributed by atoms with Crippen molar-refractivity contribution >= 4 is 17.8 Å². The van der Waals surface area contributed by atoms with Crippen LogP contribution in [0.2, 0.25) is 0 Å². The Hall–Kier alpha value is -3.94. The monoisotopic (exact) mass is 379 g/mol. The van der Waals surface area contributed by atoms with Gasteiger partial charge in [0.15, 0.2) is 6.61 Å². The summed E-state index contributed by atoms with van der Waals surface area (Å²) < 4.78 is 10.9. The highest BCUT2D eigenvalue weighted by Gasteiger charge is 2.08. The quantitative estimate of drug-likeness (QED) is 0.383. The summed E-state index contributed by atoms with van der Waals surface area (Å²) in [5.41, 5.74) is 4.16. The van der Waals surface area contributed by atoms with Gasteiger partial charge in [-0.25, -0.2) is 5.43 Å². The molecule has 28 heavy (non-hydrogen) atoms. The van der Waals surface area contributed by atoms with E-state index in [1.165, 1.54) is 18.3 Å². The minimum Gasteiger partial charge on any atom is -0.484 e. The number of nitrogens with one attached hydrogen (secondary N) is 1. The number of aryl methyl sites for hydroxylation is 1. The van der Waals surface area contributed by atoms with Gasteiger partial charge in [-0.15, -0.1) is 0 Å². The van der Waals surface area contributed by atoms with Gasteiger partial charge < -0.3 is 9.15 Å². The summed E-state index contributed by atoms with van der Waals surface area (Å²) in [7, 11) is 0. The SMILES string of the molecule is Cc1ccc(OCC(=O)N/N=C/c2ccc(-c3ccc([N+](=O)[O-])cc3)o2)cc1. The number of carbonyl (C=O) groups excluding carboxylic acids is 1. The Kier molecular flexibility index (Phi) is 5.81. The number of amides is 1. The molecule has 0 aliphatic rings. The summed E-state index contributed by atoms with van der Waals surface area (Å²) in [6, 6.07) is 16.8. The van der Waals surface area contributed by atoms with E-state index in [2.05, 4.69) is 10.5 Å². The minimum absolute atomic E-state index is 0.00709. The lowest BCUT2D eigenvalue weighted by Gasteiger charge is -2.04. The number of nitro groups is 1. The molecule has 3 rings (SSSR count). The zero-order valence-corrected chi connectivity index (χ0v) is 15.0. The first kappa shape index (κ1) is 18.8. The fraction of sp³-hybridized carbons (Fsp3) is 0.100. The van der Waals surface area contributed by atoms with Crippen molar-refractivity contribution in [3.63, 3.8) is 0 Å². The molecule has 0 aliphatic heterocycles. The number of non-ortho nitro benzene ring substituents is 1. The Bertz CT molecular complexity index is 991. The number of hydrazone groups is 1. The second kappa shape index (κ2) is 8.63. The average molecular weight is 379 g/mol. The van der Waals surface area contributed by atoms with Crippen LogP contribution in [0, 0.1) is 17.0 Å². The lowest BCUT2D eigenvalue weighted by atomic mass is 10.1. The second-order valence-corrected chi connectivity index (χ2v) is 5.90. The van der Waals surface area contributed by atoms with E-state index in [0.29, 0.717) is 22.8 Å². The van der Waals surface area contributed by atoms with E-state index in [9.17, 15) is 14.9 Å². The van der Waals surface area contributed by atoms with Gasteiger partial charge in [-0.3, -0.25) is 14.9 Å². The fourth-order valence-electron chi connectivity index (χ4n) is 2.31. The van der Waals surface area contributed by atoms with E-state index in [1.54, 1.807) is 36.4 Å². The van der Waals surface area contributed by atoms with Gasteiger partial charge >= 0.3 is 0 Å². The zero-order chi connectivity index (χ0) is 19.9. The van der Waals surface area contributed by atoms with Gasteiger partial charge in [-0.05, 0) is 43.3 Å². The predicted molar refractivity (Wildman–Crippen MR) is 103 cm³/mol. The van der Waals surface area contributed by atoms with E-state index in [-0.39, 0.29) is 12.3 Å². The van der Waals surface area contributed by atoms with Crippen molar-refractivity contribution in [2.75, 3.05) is 6.61 Å². The van der Waals surface area contributed by atoms with Crippen molar-refractivity contribution in [1.82, 2.24) is 5.43 Å². The van der Waals surface area contributed by atoms with Crippen LogP contribution in [0.25, 0.3) is 11.3 Å². The molecule has 0 radical (unpaired) electrons. The number of hydrogen-bond donors (Lipinski definition) is 1. The molecule has 2 aromatic carbocycles. The molecule has 0 unspecified atom stereocenters. The molecule has 1 aromatic heterocycles. The first-order valence-electron chi connectivity index (χ1n) is 8.37. The Morgan fingerprint density at radius 2 is 1.86 bits per heavy atom. The minimum atomic E-state index is -0.463. The van der Waals surface area contributed by atoms with E-state index >= 15 is 0 Å². The Morgan fingerprint density at radius 1 is 1.14 bits per heavy atom. The molecule has 1 amide bonds. The summed E-state index contributed by atoms with van der Waals surface area (Å²) in [5, 5.41) is 14.5. The molecule has 8 nitrogen and oxygen atoms in total. The maximum atomic E-state index is 11.8. The number of rotatable bonds is 7. The second-order valence-electron chi connectivity index (χ2n) is 5.90. The standard InChI is InChI=1S/C20H17N3O5/c1-14-2-8-17(9-3-14)27-13-20(24)22-21-12-18-10-11-19(28-18)15-4-6-16(7-5-15)23(25)26/h2-12H,13H2,1H3,(H,22,24)/b21-12+. The molecule has 8 heteroatoms. The first-order valence-corrected chi connectivity index (χ1v) is 8.37. The molecule has 1 N–H and O–H groups in total. The van der Waals surface area contributed by atoms with Gasteiger partial charge in [-0.2, -0.15) is 5.10 Å². The summed E-state index contributed by atoms with van der Waals surface area (Å²) in [6.45, 7) is 1.81. The summed E-state index contributed by atoms with van der Waals surface area (Å²) in [5.74, 6) is 1.15. The summed E-state index contributed by atoms with van der Waals surface area (Å²) in [6.07, 6.45) is 1.36. The summed E-state index contributed by atoms with van der Waals surface area (Å²) >= 11 is 0. The van der Waals surface area contributed by atoms with Crippen LogP contribution in [0.1, 0.15) is 11.3 Å². The molecule has 3 aromatic rings. The van der Waals surface area contributed by atoms with Crippen molar-refractivity contribution in [2.24, 2.45) is 5.10 Å². The molecule has 0 saturated heterocycles. The Balaban J connectivity index is 1.51. The molecular weight excluding hydrogens is 362 g/mol. The van der Waals surface area contributed by atoms with Crippen LogP contribution in [0.4, 0.5) is 5.69 Å². The third-order valence-corrected chi connectivity index (χ3v) is 3.76. The van der Waals surface area contributed by atoms with Crippen molar-refractivity contribution in [1.29, 1.82) is 0 Å². The van der Waals surface area contributed by atoms with E-state index in [0.717, 1.165) is 5.56 Å². The van der Waals surface area contributed by atoms with Crippen LogP contribution in [0.3, 0.4) is 0 Å². The maximum absolute atomic E-state index is 11.8. The third kappa shape index (κ3) is 5.04.